The van der Waals surface area contributed by atoms with Crippen LogP contribution in [0.25, 0.3) is 0 Å². The van der Waals surface area contributed by atoms with Crippen LogP contribution in [0.2, 0.25) is 0 Å². The molecule has 0 unspecified atom stereocenters. The predicted octanol–water partition coefficient (Wildman–Crippen LogP) is 3.13. The van der Waals surface area contributed by atoms with E-state index in [4.69, 9.17) is 0 Å². The Kier molecular flexibility index (Phi) is 5.04. The number of nitrogens with zero attached hydrogens (tertiary/aromatic N) is 5. The molecule has 2 aromatic heterocycles. The number of aromatic nitrogens is 4. The Morgan fingerprint density at radius 1 is 1.08 bits per heavy atom. The van der Waals surface area contributed by atoms with Gasteiger partial charge in [-0.25, -0.2) is 19.9 Å². The molecule has 0 aliphatic carbocycles. The van der Waals surface area contributed by atoms with Gasteiger partial charge >= 0.3 is 0 Å². The van der Waals surface area contributed by atoms with Crippen molar-refractivity contribution in [3.05, 3.63) is 35.0 Å². The molecule has 0 saturated carbocycles. The monoisotopic (exact) mass is 326 g/mol. The summed E-state index contributed by atoms with van der Waals surface area (Å²) < 4.78 is 0. The molecule has 0 radical (unpaired) electrons. The van der Waals surface area contributed by atoms with Gasteiger partial charge in [0, 0.05) is 29.9 Å². The lowest BCUT2D eigenvalue weighted by molar-refractivity contribution is 0.216. The molecule has 3 rings (SSSR count). The van der Waals surface area contributed by atoms with Crippen LogP contribution in [0.4, 0.5) is 11.8 Å². The first-order chi connectivity index (χ1) is 11.5. The van der Waals surface area contributed by atoms with E-state index in [1.807, 2.05) is 26.8 Å². The Morgan fingerprint density at radius 2 is 1.83 bits per heavy atom. The van der Waals surface area contributed by atoms with E-state index in [1.54, 1.807) is 0 Å². The number of likely N-dealkylation sites (N-methyl/N-ethyl adjacent to an activating group) is 1. The maximum absolute atomic E-state index is 4.68. The zero-order valence-electron chi connectivity index (χ0n) is 15.0. The maximum atomic E-state index is 4.68. The van der Waals surface area contributed by atoms with Gasteiger partial charge in [-0.05, 0) is 52.8 Å². The Balaban J connectivity index is 1.83. The number of aryl methyl sites for hydroxylation is 3. The molecule has 2 aromatic rings. The van der Waals surface area contributed by atoms with E-state index in [0.717, 1.165) is 41.8 Å². The molecule has 1 saturated heterocycles. The van der Waals surface area contributed by atoms with Gasteiger partial charge in [0.05, 0.1) is 5.69 Å². The average molecular weight is 326 g/mol. The minimum Gasteiger partial charge on any atom is -0.309 e. The number of hydrogen-bond donors (Lipinski definition) is 1. The predicted molar refractivity (Wildman–Crippen MR) is 95.6 cm³/mol. The van der Waals surface area contributed by atoms with E-state index in [1.165, 1.54) is 19.4 Å². The molecule has 1 aliphatic heterocycles. The van der Waals surface area contributed by atoms with Gasteiger partial charge in [0.1, 0.15) is 11.6 Å². The Labute approximate surface area is 143 Å². The van der Waals surface area contributed by atoms with E-state index in [2.05, 4.69) is 43.1 Å². The highest BCUT2D eigenvalue weighted by Gasteiger charge is 2.22. The van der Waals surface area contributed by atoms with E-state index in [9.17, 15) is 0 Å². The standard InChI is InChI=1S/C18H26N6/c1-5-24-8-6-7-15(11-24)16-10-17(22-14(4)21-16)23-18-19-12(2)9-13(3)20-18/h9-10,15H,5-8,11H2,1-4H3,(H,19,20,21,22,23)/t15-/m0/s1. The molecule has 0 amide bonds. The van der Waals surface area contributed by atoms with Crippen LogP contribution in [0.3, 0.4) is 0 Å². The molecular formula is C18H26N6. The second kappa shape index (κ2) is 7.21. The molecule has 1 atom stereocenters. The molecular weight excluding hydrogens is 300 g/mol. The Morgan fingerprint density at radius 3 is 2.54 bits per heavy atom. The third-order valence-electron chi connectivity index (χ3n) is 4.45. The van der Waals surface area contributed by atoms with E-state index >= 15 is 0 Å². The fraction of sp³-hybridized carbons (Fsp3) is 0.556. The Hall–Kier alpha value is -2.08. The summed E-state index contributed by atoms with van der Waals surface area (Å²) in [5.41, 5.74) is 3.01. The fourth-order valence-electron chi connectivity index (χ4n) is 3.34. The molecule has 0 aromatic carbocycles. The van der Waals surface area contributed by atoms with Crippen LogP contribution >= 0.6 is 0 Å². The largest absolute Gasteiger partial charge is 0.309 e. The first-order valence-electron chi connectivity index (χ1n) is 8.70. The summed E-state index contributed by atoms with van der Waals surface area (Å²) in [5, 5.41) is 3.24. The zero-order valence-corrected chi connectivity index (χ0v) is 15.0. The van der Waals surface area contributed by atoms with Crippen molar-refractivity contribution in [1.82, 2.24) is 24.8 Å². The van der Waals surface area contributed by atoms with Crippen LogP contribution in [0.15, 0.2) is 12.1 Å². The van der Waals surface area contributed by atoms with Crippen LogP contribution in [-0.4, -0.2) is 44.5 Å². The number of anilines is 2. The fourth-order valence-corrected chi connectivity index (χ4v) is 3.34. The molecule has 3 heterocycles. The molecule has 0 spiro atoms. The van der Waals surface area contributed by atoms with Crippen molar-refractivity contribution >= 4 is 11.8 Å². The van der Waals surface area contributed by atoms with Gasteiger partial charge in [0.25, 0.3) is 0 Å². The van der Waals surface area contributed by atoms with Crippen LogP contribution in [0, 0.1) is 20.8 Å². The quantitative estimate of drug-likeness (QED) is 0.931. The van der Waals surface area contributed by atoms with Crippen molar-refractivity contribution < 1.29 is 0 Å². The van der Waals surface area contributed by atoms with Crippen molar-refractivity contribution in [3.8, 4) is 0 Å². The van der Waals surface area contributed by atoms with Crippen LogP contribution in [0.5, 0.6) is 0 Å². The van der Waals surface area contributed by atoms with Gasteiger partial charge in [0.15, 0.2) is 0 Å². The van der Waals surface area contributed by atoms with Gasteiger partial charge in [-0.3, -0.25) is 0 Å². The molecule has 1 aliphatic rings. The summed E-state index contributed by atoms with van der Waals surface area (Å²) in [6, 6.07) is 4.01. The highest BCUT2D eigenvalue weighted by atomic mass is 15.2. The zero-order chi connectivity index (χ0) is 17.1. The summed E-state index contributed by atoms with van der Waals surface area (Å²) in [7, 11) is 0. The lowest BCUT2D eigenvalue weighted by Gasteiger charge is -2.31. The Bertz CT molecular complexity index is 694. The van der Waals surface area contributed by atoms with Crippen LogP contribution in [0.1, 0.15) is 48.6 Å². The third-order valence-corrected chi connectivity index (χ3v) is 4.45. The van der Waals surface area contributed by atoms with Gasteiger partial charge in [-0.2, -0.15) is 0 Å². The third kappa shape index (κ3) is 4.06. The summed E-state index contributed by atoms with van der Waals surface area (Å²) >= 11 is 0. The first kappa shape index (κ1) is 16.8. The van der Waals surface area contributed by atoms with Crippen LogP contribution < -0.4 is 5.32 Å². The average Bonchev–Trinajstić information content (AvgIpc) is 2.53. The maximum Gasteiger partial charge on any atom is 0.228 e. The number of nitrogens with one attached hydrogen (secondary N) is 1. The normalized spacial score (nSPS) is 18.6. The molecule has 6 heteroatoms. The van der Waals surface area contributed by atoms with Crippen molar-refractivity contribution in [3.63, 3.8) is 0 Å². The minimum absolute atomic E-state index is 0.473. The molecule has 1 fully saturated rings. The minimum atomic E-state index is 0.473. The number of piperidine rings is 1. The summed E-state index contributed by atoms with van der Waals surface area (Å²) in [6.07, 6.45) is 2.41. The lowest BCUT2D eigenvalue weighted by atomic mass is 9.94. The number of rotatable bonds is 4. The van der Waals surface area contributed by atoms with Gasteiger partial charge in [0.2, 0.25) is 5.95 Å². The summed E-state index contributed by atoms with van der Waals surface area (Å²) in [4.78, 5) is 20.6. The SMILES string of the molecule is CCN1CCC[C@H](c2cc(Nc3nc(C)cc(C)n3)nc(C)n2)C1. The second-order valence-corrected chi connectivity index (χ2v) is 6.56. The topological polar surface area (TPSA) is 66.8 Å². The van der Waals surface area contributed by atoms with Crippen molar-refractivity contribution in [1.29, 1.82) is 0 Å². The van der Waals surface area contributed by atoms with Crippen molar-refractivity contribution in [2.24, 2.45) is 0 Å². The van der Waals surface area contributed by atoms with Gasteiger partial charge in [-0.1, -0.05) is 6.92 Å². The molecule has 0 bridgehead atoms. The highest BCUT2D eigenvalue weighted by Crippen LogP contribution is 2.27. The van der Waals surface area contributed by atoms with E-state index in [-0.39, 0.29) is 0 Å². The molecule has 24 heavy (non-hydrogen) atoms. The van der Waals surface area contributed by atoms with E-state index in [0.29, 0.717) is 11.9 Å². The van der Waals surface area contributed by atoms with Crippen LogP contribution in [-0.2, 0) is 0 Å². The molecule has 1 N–H and O–H groups in total. The number of likely N-dealkylation sites (tertiary alicyclic amines) is 1. The lowest BCUT2D eigenvalue weighted by Crippen LogP contribution is -2.34. The molecule has 128 valence electrons. The van der Waals surface area contributed by atoms with Gasteiger partial charge in [-0.15, -0.1) is 0 Å². The molecule has 6 nitrogen and oxygen atoms in total. The van der Waals surface area contributed by atoms with Crippen molar-refractivity contribution in [2.45, 2.75) is 46.5 Å². The smallest absolute Gasteiger partial charge is 0.228 e. The number of hydrogen-bond acceptors (Lipinski definition) is 6. The van der Waals surface area contributed by atoms with E-state index < -0.39 is 0 Å². The first-order valence-corrected chi connectivity index (χ1v) is 8.70. The van der Waals surface area contributed by atoms with Gasteiger partial charge < -0.3 is 10.2 Å². The summed E-state index contributed by atoms with van der Waals surface area (Å²) in [6.45, 7) is 11.5. The highest BCUT2D eigenvalue weighted by molar-refractivity contribution is 5.49. The summed E-state index contributed by atoms with van der Waals surface area (Å²) in [5.74, 6) is 2.63. The van der Waals surface area contributed by atoms with Crippen molar-refractivity contribution in [2.75, 3.05) is 25.0 Å². The second-order valence-electron chi connectivity index (χ2n) is 6.56.